The fourth-order valence-electron chi connectivity index (χ4n) is 4.91. The number of unbranched alkanes of at least 4 members (excludes halogenated alkanes) is 2. The Kier molecular flexibility index (Phi) is 7.91. The zero-order valence-corrected chi connectivity index (χ0v) is 20.3. The first-order chi connectivity index (χ1) is 16.3. The molecule has 2 saturated heterocycles. The zero-order valence-electron chi connectivity index (χ0n) is 19.4. The molecule has 0 aromatic heterocycles. The van der Waals surface area contributed by atoms with Gasteiger partial charge in [-0.1, -0.05) is 26.7 Å². The van der Waals surface area contributed by atoms with Gasteiger partial charge in [-0.15, -0.1) is 0 Å². The molecule has 0 radical (unpaired) electrons. The molecule has 0 aromatic carbocycles. The average Bonchev–Trinajstić information content (AvgIpc) is 3.28. The first-order valence-corrected chi connectivity index (χ1v) is 13.4. The Balaban J connectivity index is 1.66. The number of aliphatic hydroxyl groups excluding tert-OH is 3. The maximum Gasteiger partial charge on any atom is 0.529 e. The van der Waals surface area contributed by atoms with Crippen molar-refractivity contribution in [3.05, 3.63) is 23.4 Å². The molecule has 4 aliphatic rings. The van der Waals surface area contributed by atoms with Crippen molar-refractivity contribution in [2.45, 2.75) is 70.3 Å². The molecule has 7 unspecified atom stereocenters. The number of hydrogen-bond acceptors (Lipinski definition) is 10. The van der Waals surface area contributed by atoms with Gasteiger partial charge in [0.1, 0.15) is 18.1 Å². The number of aliphatic hydroxyl groups is 3. The van der Waals surface area contributed by atoms with Gasteiger partial charge in [0.15, 0.2) is 11.5 Å². The molecule has 0 bridgehead atoms. The molecule has 1 amide bonds. The quantitative estimate of drug-likeness (QED) is 0.256. The summed E-state index contributed by atoms with van der Waals surface area (Å²) >= 11 is 0. The van der Waals surface area contributed by atoms with E-state index in [4.69, 9.17) is 23.0 Å². The number of ether oxygens (including phenoxy) is 2. The smallest absolute Gasteiger partial charge is 0.454 e. The normalized spacial score (nSPS) is 34.8. The Labute approximate surface area is 198 Å². The van der Waals surface area contributed by atoms with Crippen molar-refractivity contribution >= 4 is 13.7 Å². The first-order valence-electron chi connectivity index (χ1n) is 11.9. The lowest BCUT2D eigenvalue weighted by atomic mass is 9.64. The Morgan fingerprint density at radius 3 is 2.41 bits per heavy atom. The van der Waals surface area contributed by atoms with Crippen LogP contribution in [-0.2, 0) is 32.4 Å². The predicted octanol–water partition coefficient (Wildman–Crippen LogP) is 1.69. The predicted molar refractivity (Wildman–Crippen MR) is 118 cm³/mol. The average molecular weight is 503 g/mol. The van der Waals surface area contributed by atoms with Gasteiger partial charge in [0.2, 0.25) is 18.5 Å². The van der Waals surface area contributed by atoms with Crippen molar-refractivity contribution in [1.82, 2.24) is 5.32 Å². The summed E-state index contributed by atoms with van der Waals surface area (Å²) in [6.07, 6.45) is 0.907. The van der Waals surface area contributed by atoms with Crippen LogP contribution in [0, 0.1) is 17.8 Å². The number of phosphoric ester groups is 1. The number of amides is 1. The third kappa shape index (κ3) is 4.87. The molecular formula is C22H34NO10P. The Morgan fingerprint density at radius 2 is 1.76 bits per heavy atom. The van der Waals surface area contributed by atoms with E-state index in [2.05, 4.69) is 5.32 Å². The van der Waals surface area contributed by atoms with E-state index in [0.717, 1.165) is 12.8 Å². The Bertz CT molecular complexity index is 862. The molecule has 2 heterocycles. The highest BCUT2D eigenvalue weighted by Gasteiger charge is 2.57. The second kappa shape index (κ2) is 10.6. The summed E-state index contributed by atoms with van der Waals surface area (Å²) in [6, 6.07) is -0.775. The Morgan fingerprint density at radius 1 is 1.09 bits per heavy atom. The highest BCUT2D eigenvalue weighted by atomic mass is 31.2. The lowest BCUT2D eigenvalue weighted by Crippen LogP contribution is -2.66. The second-order valence-electron chi connectivity index (χ2n) is 9.08. The minimum absolute atomic E-state index is 0.0117. The first kappa shape index (κ1) is 25.5. The highest BCUT2D eigenvalue weighted by molar-refractivity contribution is 7.48. The second-order valence-corrected chi connectivity index (χ2v) is 10.7. The van der Waals surface area contributed by atoms with E-state index in [1.54, 1.807) is 6.08 Å². The monoisotopic (exact) mass is 503 g/mol. The summed E-state index contributed by atoms with van der Waals surface area (Å²) in [5.41, 5.74) is 0. The molecule has 7 atom stereocenters. The van der Waals surface area contributed by atoms with Gasteiger partial charge in [0, 0.05) is 5.92 Å². The van der Waals surface area contributed by atoms with Crippen molar-refractivity contribution < 1.29 is 47.7 Å². The minimum Gasteiger partial charge on any atom is -0.454 e. The van der Waals surface area contributed by atoms with E-state index < -0.39 is 55.8 Å². The number of phosphoric acid groups is 1. The zero-order chi connectivity index (χ0) is 24.5. The van der Waals surface area contributed by atoms with Crippen molar-refractivity contribution in [1.29, 1.82) is 0 Å². The van der Waals surface area contributed by atoms with E-state index in [0.29, 0.717) is 18.6 Å². The van der Waals surface area contributed by atoms with Crippen LogP contribution in [0.5, 0.6) is 0 Å². The number of carbonyl (C=O) groups is 1. The van der Waals surface area contributed by atoms with Crippen molar-refractivity contribution in [2.75, 3.05) is 20.0 Å². The maximum absolute atomic E-state index is 13.6. The fraction of sp³-hybridized carbons (Fsp3) is 0.773. The molecule has 2 aliphatic heterocycles. The highest BCUT2D eigenvalue weighted by Crippen LogP contribution is 2.57. The summed E-state index contributed by atoms with van der Waals surface area (Å²) in [4.78, 5) is 13.2. The van der Waals surface area contributed by atoms with Crippen molar-refractivity contribution in [3.8, 4) is 0 Å². The maximum atomic E-state index is 13.6. The largest absolute Gasteiger partial charge is 0.529 e. The van der Waals surface area contributed by atoms with Gasteiger partial charge in [-0.2, -0.15) is 0 Å². The van der Waals surface area contributed by atoms with Gasteiger partial charge in [-0.3, -0.25) is 13.8 Å². The summed E-state index contributed by atoms with van der Waals surface area (Å²) in [7, 11) is -4.10. The number of allylic oxidation sites excluding steroid dienone is 1. The lowest BCUT2D eigenvalue weighted by Gasteiger charge is -2.49. The number of rotatable bonds is 10. The number of hydrogen-bond donors (Lipinski definition) is 4. The minimum atomic E-state index is -4.10. The van der Waals surface area contributed by atoms with Crippen LogP contribution in [0.4, 0.5) is 0 Å². The standard InChI is InChI=1S/C22H34NO10P/c1-3-5-7-31-34(28,32-8-6-4-2)33-21-16-12(10-15-20(21)30-11-29-15)13-9-14(24)18(25)19(26)17(13)23-22(16)27/h10,12-14,16-19,24-26H,3-9,11H2,1-2H3,(H,23,27). The lowest BCUT2D eigenvalue weighted by molar-refractivity contribution is -0.153. The fourth-order valence-corrected chi connectivity index (χ4v) is 6.23. The van der Waals surface area contributed by atoms with Crippen molar-refractivity contribution in [3.63, 3.8) is 0 Å². The van der Waals surface area contributed by atoms with Gasteiger partial charge in [0.05, 0.1) is 25.4 Å². The van der Waals surface area contributed by atoms with Crippen LogP contribution in [0.2, 0.25) is 0 Å². The van der Waals surface area contributed by atoms with E-state index in [9.17, 15) is 24.7 Å². The van der Waals surface area contributed by atoms with Gasteiger partial charge < -0.3 is 34.6 Å². The molecule has 2 aliphatic carbocycles. The summed E-state index contributed by atoms with van der Waals surface area (Å²) in [6.45, 7) is 4.15. The van der Waals surface area contributed by atoms with Crippen molar-refractivity contribution in [2.24, 2.45) is 17.8 Å². The third-order valence-corrected chi connectivity index (χ3v) is 8.17. The van der Waals surface area contributed by atoms with E-state index in [1.807, 2.05) is 13.8 Å². The van der Waals surface area contributed by atoms with Crippen LogP contribution in [0.25, 0.3) is 0 Å². The van der Waals surface area contributed by atoms with Gasteiger partial charge >= 0.3 is 7.82 Å². The molecule has 0 aromatic rings. The number of nitrogens with one attached hydrogen (secondary N) is 1. The van der Waals surface area contributed by atoms with E-state index in [-0.39, 0.29) is 37.9 Å². The van der Waals surface area contributed by atoms with Crippen LogP contribution < -0.4 is 5.32 Å². The summed E-state index contributed by atoms with van der Waals surface area (Å²) in [5, 5.41) is 33.7. The number of carbonyl (C=O) groups excluding carboxylic acids is 1. The van der Waals surface area contributed by atoms with Gasteiger partial charge in [-0.05, 0) is 31.3 Å². The summed E-state index contributed by atoms with van der Waals surface area (Å²) < 4.78 is 41.7. The van der Waals surface area contributed by atoms with E-state index >= 15 is 0 Å². The summed E-state index contributed by atoms with van der Waals surface area (Å²) in [5.74, 6) is -1.98. The van der Waals surface area contributed by atoms with Crippen LogP contribution in [0.15, 0.2) is 23.4 Å². The van der Waals surface area contributed by atoms with E-state index in [1.165, 1.54) is 0 Å². The van der Waals surface area contributed by atoms with Crippen LogP contribution in [0.1, 0.15) is 46.0 Å². The van der Waals surface area contributed by atoms with Gasteiger partial charge in [-0.25, -0.2) is 4.57 Å². The third-order valence-electron chi connectivity index (χ3n) is 6.75. The molecule has 1 saturated carbocycles. The molecular weight excluding hydrogens is 469 g/mol. The molecule has 3 fully saturated rings. The molecule has 0 spiro atoms. The molecule has 11 nitrogen and oxygen atoms in total. The Hall–Kier alpha value is -1.62. The molecule has 4 N–H and O–H groups in total. The molecule has 192 valence electrons. The van der Waals surface area contributed by atoms with Crippen LogP contribution >= 0.6 is 7.82 Å². The molecule has 12 heteroatoms. The van der Waals surface area contributed by atoms with Gasteiger partial charge in [0.25, 0.3) is 0 Å². The number of fused-ring (bicyclic) bond motifs is 4. The number of piperidine rings is 1. The topological polar surface area (TPSA) is 153 Å². The molecule has 34 heavy (non-hydrogen) atoms. The van der Waals surface area contributed by atoms with Crippen LogP contribution in [-0.4, -0.2) is 65.6 Å². The SMILES string of the molecule is CCCCOP(=O)(OCCCC)OC1=C2OCOC2=CC2C1C(=O)NC1C(O)C(O)C(O)CC21. The van der Waals surface area contributed by atoms with Crippen LogP contribution in [0.3, 0.4) is 0 Å². The molecule has 4 rings (SSSR count).